The van der Waals surface area contributed by atoms with Crippen LogP contribution in [0.15, 0.2) is 72.8 Å². The highest BCUT2D eigenvalue weighted by Gasteiger charge is 2.17. The lowest BCUT2D eigenvalue weighted by Crippen LogP contribution is -1.95. The molecule has 0 nitrogen and oxygen atoms in total. The zero-order valence-corrected chi connectivity index (χ0v) is 12.9. The quantitative estimate of drug-likeness (QED) is 0.555. The van der Waals surface area contributed by atoms with E-state index in [0.717, 1.165) is 12.8 Å². The molecular weight excluding hydrogens is 264 g/mol. The molecule has 0 radical (unpaired) electrons. The van der Waals surface area contributed by atoms with Gasteiger partial charge in [0.25, 0.3) is 0 Å². The minimum Gasteiger partial charge on any atom is -0.0763 e. The fourth-order valence-corrected chi connectivity index (χ4v) is 3.52. The molecule has 0 heterocycles. The Balaban J connectivity index is 1.65. The summed E-state index contributed by atoms with van der Waals surface area (Å²) < 4.78 is 0. The van der Waals surface area contributed by atoms with Gasteiger partial charge < -0.3 is 0 Å². The summed E-state index contributed by atoms with van der Waals surface area (Å²) in [6.45, 7) is 2.33. The molecular formula is C22H20. The van der Waals surface area contributed by atoms with E-state index in [-0.39, 0.29) is 0 Å². The van der Waals surface area contributed by atoms with E-state index in [0.29, 0.717) is 5.92 Å². The van der Waals surface area contributed by atoms with Crippen LogP contribution in [-0.4, -0.2) is 0 Å². The van der Waals surface area contributed by atoms with Crippen molar-refractivity contribution in [2.45, 2.75) is 25.7 Å². The topological polar surface area (TPSA) is 0 Å². The smallest absolute Gasteiger partial charge is 0.00851 e. The van der Waals surface area contributed by atoms with Gasteiger partial charge in [-0.2, -0.15) is 0 Å². The summed E-state index contributed by atoms with van der Waals surface area (Å²) >= 11 is 0. The van der Waals surface area contributed by atoms with Crippen molar-refractivity contribution in [1.29, 1.82) is 0 Å². The fraction of sp³-hybridized carbons (Fsp3) is 0.182. The first-order chi connectivity index (χ1) is 10.8. The Morgan fingerprint density at radius 3 is 2.32 bits per heavy atom. The van der Waals surface area contributed by atoms with E-state index in [1.54, 1.807) is 0 Å². The van der Waals surface area contributed by atoms with Crippen LogP contribution in [0, 0.1) is 0 Å². The first-order valence-electron chi connectivity index (χ1n) is 8.07. The normalized spacial score (nSPS) is 14.7. The summed E-state index contributed by atoms with van der Waals surface area (Å²) in [4.78, 5) is 0. The second-order valence-electron chi connectivity index (χ2n) is 6.31. The minimum absolute atomic E-state index is 0.560. The van der Waals surface area contributed by atoms with Crippen LogP contribution in [0.4, 0.5) is 0 Å². The Hall–Kier alpha value is -2.34. The highest BCUT2D eigenvalue weighted by Crippen LogP contribution is 2.37. The molecule has 0 fully saturated rings. The summed E-state index contributed by atoms with van der Waals surface area (Å²) in [6.07, 6.45) is 4.62. The monoisotopic (exact) mass is 284 g/mol. The van der Waals surface area contributed by atoms with Crippen molar-refractivity contribution >= 4 is 16.3 Å². The van der Waals surface area contributed by atoms with Crippen LogP contribution in [0.2, 0.25) is 0 Å². The number of rotatable bonds is 3. The maximum absolute atomic E-state index is 2.42. The second kappa shape index (κ2) is 5.46. The van der Waals surface area contributed by atoms with Crippen molar-refractivity contribution in [3.63, 3.8) is 0 Å². The molecule has 3 aromatic rings. The Kier molecular flexibility index (Phi) is 3.31. The molecule has 0 aliphatic heterocycles. The molecule has 1 aliphatic rings. The predicted molar refractivity (Wildman–Crippen MR) is 95.1 cm³/mol. The molecule has 4 rings (SSSR count). The molecule has 1 aliphatic carbocycles. The maximum atomic E-state index is 2.42. The van der Waals surface area contributed by atoms with Crippen LogP contribution in [-0.2, 0) is 6.42 Å². The maximum Gasteiger partial charge on any atom is -0.00851 e. The van der Waals surface area contributed by atoms with Crippen molar-refractivity contribution in [3.8, 4) is 0 Å². The van der Waals surface area contributed by atoms with Crippen LogP contribution in [0.25, 0.3) is 16.3 Å². The third kappa shape index (κ3) is 2.35. The third-order valence-electron chi connectivity index (χ3n) is 4.78. The van der Waals surface area contributed by atoms with Gasteiger partial charge in [0.2, 0.25) is 0 Å². The predicted octanol–water partition coefficient (Wildman–Crippen LogP) is 5.97. The number of allylic oxidation sites excluding steroid dienone is 2. The average molecular weight is 284 g/mol. The summed E-state index contributed by atoms with van der Waals surface area (Å²) in [6, 6.07) is 24.2. The Morgan fingerprint density at radius 1 is 0.864 bits per heavy atom. The van der Waals surface area contributed by atoms with Gasteiger partial charge in [-0.25, -0.2) is 0 Å². The molecule has 0 spiro atoms. The first kappa shape index (κ1) is 13.3. The molecule has 0 saturated carbocycles. The molecule has 0 N–H and O–H groups in total. The average Bonchev–Trinajstić information content (AvgIpc) is 2.95. The summed E-state index contributed by atoms with van der Waals surface area (Å²) in [5.41, 5.74) is 5.88. The van der Waals surface area contributed by atoms with E-state index < -0.39 is 0 Å². The number of hydrogen-bond acceptors (Lipinski definition) is 0. The van der Waals surface area contributed by atoms with E-state index in [4.69, 9.17) is 0 Å². The highest BCUT2D eigenvalue weighted by atomic mass is 14.2. The lowest BCUT2D eigenvalue weighted by Gasteiger charge is -2.14. The van der Waals surface area contributed by atoms with E-state index in [1.165, 1.54) is 33.0 Å². The van der Waals surface area contributed by atoms with Gasteiger partial charge in [0.1, 0.15) is 0 Å². The van der Waals surface area contributed by atoms with Gasteiger partial charge in [-0.1, -0.05) is 73.7 Å². The van der Waals surface area contributed by atoms with Crippen molar-refractivity contribution < 1.29 is 0 Å². The molecule has 0 aromatic heterocycles. The lowest BCUT2D eigenvalue weighted by atomic mass is 9.90. The van der Waals surface area contributed by atoms with Crippen LogP contribution in [0.3, 0.4) is 0 Å². The third-order valence-corrected chi connectivity index (χ3v) is 4.78. The van der Waals surface area contributed by atoms with E-state index in [1.807, 2.05) is 0 Å². The van der Waals surface area contributed by atoms with Crippen molar-refractivity contribution in [1.82, 2.24) is 0 Å². The summed E-state index contributed by atoms with van der Waals surface area (Å²) in [5.74, 6) is 0.560. The Bertz CT molecular complexity index is 840. The summed E-state index contributed by atoms with van der Waals surface area (Å²) in [7, 11) is 0. The Labute approximate surface area is 132 Å². The van der Waals surface area contributed by atoms with Gasteiger partial charge in [-0.05, 0) is 57.9 Å². The Morgan fingerprint density at radius 2 is 1.55 bits per heavy atom. The van der Waals surface area contributed by atoms with Crippen molar-refractivity contribution in [3.05, 3.63) is 89.5 Å². The first-order valence-corrected chi connectivity index (χ1v) is 8.07. The number of hydrogen-bond donors (Lipinski definition) is 0. The van der Waals surface area contributed by atoms with Gasteiger partial charge in [0, 0.05) is 0 Å². The molecule has 108 valence electrons. The summed E-state index contributed by atoms with van der Waals surface area (Å²) in [5, 5.41) is 2.70. The van der Waals surface area contributed by atoms with Gasteiger partial charge in [-0.3, -0.25) is 0 Å². The standard InChI is InChI=1S/C22H20/c1-16(17-7-3-2-4-8-17)13-20-11-12-21-14-18-9-5-6-10-19(18)15-22(20)21/h2-11,14-16H,12-13H2,1H3. The number of benzene rings is 3. The molecule has 3 aromatic carbocycles. The zero-order chi connectivity index (χ0) is 14.9. The zero-order valence-electron chi connectivity index (χ0n) is 12.9. The van der Waals surface area contributed by atoms with Crippen LogP contribution in [0.1, 0.15) is 36.0 Å². The lowest BCUT2D eigenvalue weighted by molar-refractivity contribution is 0.792. The van der Waals surface area contributed by atoms with Crippen molar-refractivity contribution in [2.75, 3.05) is 0 Å². The number of fused-ring (bicyclic) bond motifs is 2. The molecule has 0 heteroatoms. The molecule has 0 saturated heterocycles. The van der Waals surface area contributed by atoms with Crippen LogP contribution in [0.5, 0.6) is 0 Å². The molecule has 0 amide bonds. The van der Waals surface area contributed by atoms with Crippen molar-refractivity contribution in [2.24, 2.45) is 0 Å². The van der Waals surface area contributed by atoms with Crippen LogP contribution >= 0.6 is 0 Å². The van der Waals surface area contributed by atoms with Crippen LogP contribution < -0.4 is 0 Å². The second-order valence-corrected chi connectivity index (χ2v) is 6.31. The van der Waals surface area contributed by atoms with Gasteiger partial charge >= 0.3 is 0 Å². The minimum atomic E-state index is 0.560. The van der Waals surface area contributed by atoms with Gasteiger partial charge in [-0.15, -0.1) is 0 Å². The highest BCUT2D eigenvalue weighted by molar-refractivity contribution is 5.89. The molecule has 1 unspecified atom stereocenters. The van der Waals surface area contributed by atoms with Gasteiger partial charge in [0.15, 0.2) is 0 Å². The fourth-order valence-electron chi connectivity index (χ4n) is 3.52. The molecule has 22 heavy (non-hydrogen) atoms. The van der Waals surface area contributed by atoms with E-state index >= 15 is 0 Å². The van der Waals surface area contributed by atoms with E-state index in [9.17, 15) is 0 Å². The van der Waals surface area contributed by atoms with E-state index in [2.05, 4.69) is 79.7 Å². The molecule has 0 bridgehead atoms. The van der Waals surface area contributed by atoms with Gasteiger partial charge in [0.05, 0.1) is 0 Å². The SMILES string of the molecule is CC(CC1=CCc2cc3ccccc3cc21)c1ccccc1. The largest absolute Gasteiger partial charge is 0.0763 e. The molecule has 1 atom stereocenters.